The van der Waals surface area contributed by atoms with Crippen LogP contribution < -0.4 is 9.47 Å². The normalized spacial score (nSPS) is 25.6. The van der Waals surface area contributed by atoms with Gasteiger partial charge < -0.3 is 9.47 Å². The third-order valence-electron chi connectivity index (χ3n) is 5.38. The Balaban J connectivity index is 1.62. The molecule has 4 rings (SSSR count). The first-order chi connectivity index (χ1) is 16.1. The Kier molecular flexibility index (Phi) is 3.88. The van der Waals surface area contributed by atoms with Gasteiger partial charge in [0.05, 0.1) is 17.0 Å². The van der Waals surface area contributed by atoms with E-state index in [1.807, 2.05) is 30.3 Å². The predicted molar refractivity (Wildman–Crippen MR) is 110 cm³/mol. The molecule has 1 aliphatic carbocycles. The first-order valence-corrected chi connectivity index (χ1v) is 9.61. The minimum Gasteiger partial charge on any atom is -0.493 e. The Labute approximate surface area is 175 Å². The van der Waals surface area contributed by atoms with Crippen molar-refractivity contribution in [3.8, 4) is 11.5 Å². The van der Waals surface area contributed by atoms with Crippen molar-refractivity contribution >= 4 is 5.78 Å². The third-order valence-corrected chi connectivity index (χ3v) is 5.38. The minimum atomic E-state index is -2.45. The molecule has 2 aromatic rings. The van der Waals surface area contributed by atoms with Gasteiger partial charge in [-0.25, -0.2) is 0 Å². The molecule has 0 saturated carbocycles. The van der Waals surface area contributed by atoms with Crippen molar-refractivity contribution in [1.29, 1.82) is 0 Å². The molecule has 148 valence electrons. The zero-order valence-electron chi connectivity index (χ0n) is 22.2. The molecular weight excluding hydrogens is 350 g/mol. The van der Waals surface area contributed by atoms with Crippen LogP contribution in [0.5, 0.6) is 11.5 Å². The van der Waals surface area contributed by atoms with Crippen molar-refractivity contribution in [2.24, 2.45) is 11.8 Å². The summed E-state index contributed by atoms with van der Waals surface area (Å²) in [5.41, 5.74) is 0.620. The number of hydrogen-bond donors (Lipinski definition) is 0. The maximum Gasteiger partial charge on any atom is 0.166 e. The second-order valence-corrected chi connectivity index (χ2v) is 7.21. The quantitative estimate of drug-likeness (QED) is 0.741. The highest BCUT2D eigenvalue weighted by atomic mass is 16.5. The highest BCUT2D eigenvalue weighted by molar-refractivity contribution is 6.02. The minimum absolute atomic E-state index is 0.120. The summed E-state index contributed by atoms with van der Waals surface area (Å²) in [6.45, 7) is 2.05. The molecule has 4 nitrogen and oxygen atoms in total. The van der Waals surface area contributed by atoms with E-state index in [0.717, 1.165) is 6.54 Å². The van der Waals surface area contributed by atoms with Crippen LogP contribution in [0.3, 0.4) is 0 Å². The molecule has 1 fully saturated rings. The van der Waals surface area contributed by atoms with Gasteiger partial charge in [-0.3, -0.25) is 9.69 Å². The molecule has 0 amide bonds. The lowest BCUT2D eigenvalue weighted by molar-refractivity contribution is 0.0895. The molecule has 1 aliphatic heterocycles. The molecule has 0 radical (unpaired) electrons. The van der Waals surface area contributed by atoms with Gasteiger partial charge >= 0.3 is 0 Å². The molecular formula is C24H29NO3. The number of likely N-dealkylation sites (tertiary alicyclic amines) is 1. The number of benzene rings is 2. The molecule has 4 heteroatoms. The fourth-order valence-electron chi connectivity index (χ4n) is 3.85. The fourth-order valence-corrected chi connectivity index (χ4v) is 3.85. The van der Waals surface area contributed by atoms with E-state index >= 15 is 0 Å². The van der Waals surface area contributed by atoms with Crippen molar-refractivity contribution in [2.75, 3.05) is 27.3 Å². The topological polar surface area (TPSA) is 38.8 Å². The Morgan fingerprint density at radius 1 is 1.14 bits per heavy atom. The highest BCUT2D eigenvalue weighted by Crippen LogP contribution is 2.39. The van der Waals surface area contributed by atoms with Gasteiger partial charge in [0.25, 0.3) is 0 Å². The second-order valence-electron chi connectivity index (χ2n) is 7.21. The molecule has 1 atom stereocenters. The Bertz CT molecular complexity index is 1080. The summed E-state index contributed by atoms with van der Waals surface area (Å²) >= 11 is 0. The van der Waals surface area contributed by atoms with Crippen molar-refractivity contribution < 1.29 is 22.5 Å². The fraction of sp³-hybridized carbons (Fsp3) is 0.458. The summed E-state index contributed by atoms with van der Waals surface area (Å²) in [5.74, 6) is -3.20. The van der Waals surface area contributed by atoms with E-state index in [1.54, 1.807) is 0 Å². The van der Waals surface area contributed by atoms with Crippen LogP contribution in [0.2, 0.25) is 0 Å². The van der Waals surface area contributed by atoms with Gasteiger partial charge in [-0.15, -0.1) is 0 Å². The standard InChI is InChI=1S/C24H29NO3/c1-27-22-14-19-13-20(24(26)21(19)15-23(22)28-2)12-17-8-10-25(11-9-17)16-18-6-4-3-5-7-18/h3-7,14-15,17,20H,8-13,16H2,1-2H3/i12D2,13D2,14D,15D. The number of fused-ring (bicyclic) bond motifs is 1. The monoisotopic (exact) mass is 385 g/mol. The summed E-state index contributed by atoms with van der Waals surface area (Å²) in [5, 5.41) is 0. The van der Waals surface area contributed by atoms with Crippen molar-refractivity contribution in [3.63, 3.8) is 0 Å². The Morgan fingerprint density at radius 3 is 2.50 bits per heavy atom. The van der Waals surface area contributed by atoms with Gasteiger partial charge in [-0.1, -0.05) is 30.3 Å². The highest BCUT2D eigenvalue weighted by Gasteiger charge is 2.34. The first-order valence-electron chi connectivity index (χ1n) is 12.6. The molecule has 1 unspecified atom stereocenters. The number of nitrogens with zero attached hydrogens (tertiary/aromatic N) is 1. The van der Waals surface area contributed by atoms with E-state index in [2.05, 4.69) is 4.90 Å². The van der Waals surface area contributed by atoms with E-state index in [4.69, 9.17) is 17.7 Å². The van der Waals surface area contributed by atoms with Crippen molar-refractivity contribution in [3.05, 3.63) is 59.1 Å². The molecule has 2 aliphatic rings. The Hall–Kier alpha value is -2.33. The smallest absolute Gasteiger partial charge is 0.166 e. The van der Waals surface area contributed by atoms with Gasteiger partial charge in [0, 0.05) is 23.5 Å². The number of ketones is 1. The van der Waals surface area contributed by atoms with E-state index in [9.17, 15) is 4.79 Å². The van der Waals surface area contributed by atoms with Gasteiger partial charge in [-0.2, -0.15) is 0 Å². The maximum absolute atomic E-state index is 13.5. The average molecular weight is 386 g/mol. The maximum atomic E-state index is 13.5. The first kappa shape index (κ1) is 13.0. The molecule has 1 saturated heterocycles. The summed E-state index contributed by atoms with van der Waals surface area (Å²) < 4.78 is 62.6. The molecule has 0 aromatic heterocycles. The largest absolute Gasteiger partial charge is 0.493 e. The summed E-state index contributed by atoms with van der Waals surface area (Å²) in [6, 6.07) is 9.29. The number of Topliss-reactive ketones (excluding diaryl/α,β-unsaturated/α-hetero) is 1. The molecule has 1 heterocycles. The van der Waals surface area contributed by atoms with Gasteiger partial charge in [0.1, 0.15) is 0 Å². The van der Waals surface area contributed by atoms with Crippen LogP contribution >= 0.6 is 0 Å². The van der Waals surface area contributed by atoms with Crippen LogP contribution in [-0.2, 0) is 12.9 Å². The van der Waals surface area contributed by atoms with Crippen LogP contribution in [0.1, 0.15) is 48.9 Å². The van der Waals surface area contributed by atoms with E-state index in [1.165, 1.54) is 19.8 Å². The van der Waals surface area contributed by atoms with E-state index < -0.39 is 30.4 Å². The zero-order chi connectivity index (χ0) is 24.8. The van der Waals surface area contributed by atoms with Crippen LogP contribution in [0, 0.1) is 11.8 Å². The molecule has 0 N–H and O–H groups in total. The number of ether oxygens (including phenoxy) is 2. The van der Waals surface area contributed by atoms with Crippen LogP contribution in [0.25, 0.3) is 0 Å². The van der Waals surface area contributed by atoms with Crippen molar-refractivity contribution in [2.45, 2.75) is 32.1 Å². The summed E-state index contributed by atoms with van der Waals surface area (Å²) in [4.78, 5) is 15.7. The zero-order valence-corrected chi connectivity index (χ0v) is 16.2. The lowest BCUT2D eigenvalue weighted by Gasteiger charge is -2.32. The molecule has 0 spiro atoms. The Morgan fingerprint density at radius 2 is 1.82 bits per heavy atom. The number of piperidine rings is 1. The van der Waals surface area contributed by atoms with Crippen LogP contribution in [-0.4, -0.2) is 38.0 Å². The molecule has 0 bridgehead atoms. The number of hydrogen-bond acceptors (Lipinski definition) is 4. The summed E-state index contributed by atoms with van der Waals surface area (Å²) in [7, 11) is 2.57. The number of rotatable bonds is 6. The third kappa shape index (κ3) is 3.93. The predicted octanol–water partition coefficient (Wildman–Crippen LogP) is 4.36. The second kappa shape index (κ2) is 8.36. The lowest BCUT2D eigenvalue weighted by atomic mass is 9.85. The van der Waals surface area contributed by atoms with Gasteiger partial charge in [-0.05, 0) is 67.8 Å². The lowest BCUT2D eigenvalue weighted by Crippen LogP contribution is -2.34. The number of methoxy groups -OCH3 is 2. The number of carbonyl (C=O) groups is 1. The van der Waals surface area contributed by atoms with E-state index in [-0.39, 0.29) is 34.7 Å². The van der Waals surface area contributed by atoms with Gasteiger partial charge in [0.15, 0.2) is 17.3 Å². The molecule has 2 aromatic carbocycles. The molecule has 28 heavy (non-hydrogen) atoms. The van der Waals surface area contributed by atoms with Crippen LogP contribution in [0.4, 0.5) is 0 Å². The van der Waals surface area contributed by atoms with E-state index in [0.29, 0.717) is 25.9 Å². The SMILES string of the molecule is [2H]c1c(OC)c(OC)c([2H])c2c1C(=O)C(C([2H])([2H])C1CCN(Cc3ccccc3)CC1)C2([2H])[2H]. The van der Waals surface area contributed by atoms with Crippen molar-refractivity contribution in [1.82, 2.24) is 4.90 Å². The summed E-state index contributed by atoms with van der Waals surface area (Å²) in [6.07, 6.45) is -3.63. The number of carbonyl (C=O) groups excluding carboxylic acids is 1. The average Bonchev–Trinajstić information content (AvgIpc) is 3.02. The van der Waals surface area contributed by atoms with Crippen LogP contribution in [0.15, 0.2) is 42.4 Å². The van der Waals surface area contributed by atoms with Gasteiger partial charge in [0.2, 0.25) is 0 Å².